The van der Waals surface area contributed by atoms with Gasteiger partial charge in [0.25, 0.3) is 5.24 Å². The minimum Gasteiger partial charge on any atom is -0.493 e. The smallest absolute Gasteiger partial charge is 0.279 e. The average Bonchev–Trinajstić information content (AvgIpc) is 2.62. The summed E-state index contributed by atoms with van der Waals surface area (Å²) in [6.07, 6.45) is 2.06. The van der Waals surface area contributed by atoms with Gasteiger partial charge >= 0.3 is 0 Å². The van der Waals surface area contributed by atoms with E-state index in [4.69, 9.17) is 4.74 Å². The van der Waals surface area contributed by atoms with Gasteiger partial charge in [0.2, 0.25) is 0 Å². The number of aldehydes is 1. The summed E-state index contributed by atoms with van der Waals surface area (Å²) < 4.78 is 5.74. The number of pyridine rings is 1. The fraction of sp³-hybridized carbons (Fsp3) is 0.316. The van der Waals surface area contributed by atoms with Crippen molar-refractivity contribution in [2.75, 3.05) is 13.7 Å². The molecule has 0 fully saturated rings. The molecule has 1 N–H and O–H groups in total. The van der Waals surface area contributed by atoms with Crippen LogP contribution in [-0.4, -0.2) is 35.4 Å². The molecule has 2 aromatic rings. The standard InChI is InChI=1S/C19H22N2O3S/c1-14-4-3-5-16(21-14)10-11-24-17-8-6-15(7-9-17)12-18(13-22)25-19(23)20-2/h3-9,13,18H,10-12H2,1-2H3,(H,20,23). The molecule has 132 valence electrons. The highest BCUT2D eigenvalue weighted by Crippen LogP contribution is 2.18. The van der Waals surface area contributed by atoms with Gasteiger partial charge in [-0.2, -0.15) is 0 Å². The molecule has 2 rings (SSSR count). The van der Waals surface area contributed by atoms with Crippen LogP contribution in [0.25, 0.3) is 0 Å². The fourth-order valence-corrected chi connectivity index (χ4v) is 3.00. The second-order valence-corrected chi connectivity index (χ2v) is 6.76. The fourth-order valence-electron chi connectivity index (χ4n) is 2.28. The molecule has 1 unspecified atom stereocenters. The van der Waals surface area contributed by atoms with Crippen LogP contribution in [-0.2, 0) is 17.6 Å². The van der Waals surface area contributed by atoms with Crippen LogP contribution in [0.2, 0.25) is 0 Å². The maximum Gasteiger partial charge on any atom is 0.279 e. The molecule has 1 aromatic carbocycles. The van der Waals surface area contributed by atoms with E-state index in [2.05, 4.69) is 10.3 Å². The lowest BCUT2D eigenvalue weighted by molar-refractivity contribution is -0.107. The summed E-state index contributed by atoms with van der Waals surface area (Å²) in [4.78, 5) is 26.9. The Morgan fingerprint density at radius 2 is 2.04 bits per heavy atom. The summed E-state index contributed by atoms with van der Waals surface area (Å²) in [5.74, 6) is 0.776. The zero-order valence-corrected chi connectivity index (χ0v) is 15.2. The van der Waals surface area contributed by atoms with E-state index >= 15 is 0 Å². The van der Waals surface area contributed by atoms with Crippen molar-refractivity contribution in [2.24, 2.45) is 0 Å². The Morgan fingerprint density at radius 1 is 1.28 bits per heavy atom. The van der Waals surface area contributed by atoms with Gasteiger partial charge in [0.1, 0.15) is 12.0 Å². The molecule has 0 saturated carbocycles. The number of rotatable bonds is 8. The van der Waals surface area contributed by atoms with Gasteiger partial charge in [-0.15, -0.1) is 0 Å². The number of carbonyl (C=O) groups is 2. The monoisotopic (exact) mass is 358 g/mol. The van der Waals surface area contributed by atoms with E-state index in [9.17, 15) is 9.59 Å². The molecule has 0 radical (unpaired) electrons. The quantitative estimate of drug-likeness (QED) is 0.734. The lowest BCUT2D eigenvalue weighted by Gasteiger charge is -2.10. The number of aromatic nitrogens is 1. The summed E-state index contributed by atoms with van der Waals surface area (Å²) >= 11 is 1.00. The lowest BCUT2D eigenvalue weighted by atomic mass is 10.1. The first-order valence-electron chi connectivity index (χ1n) is 8.08. The first-order chi connectivity index (χ1) is 12.1. The van der Waals surface area contributed by atoms with Crippen molar-refractivity contribution < 1.29 is 14.3 Å². The van der Waals surface area contributed by atoms with Gasteiger partial charge in [0.05, 0.1) is 11.9 Å². The molecule has 5 nitrogen and oxygen atoms in total. The predicted octanol–water partition coefficient (Wildman–Crippen LogP) is 3.19. The number of benzene rings is 1. The van der Waals surface area contributed by atoms with Crippen molar-refractivity contribution in [3.05, 3.63) is 59.4 Å². The largest absolute Gasteiger partial charge is 0.493 e. The van der Waals surface area contributed by atoms with Crippen molar-refractivity contribution in [3.63, 3.8) is 0 Å². The molecule has 0 aliphatic rings. The third kappa shape index (κ3) is 6.58. The number of aryl methyl sites for hydroxylation is 1. The molecule has 0 saturated heterocycles. The third-order valence-corrected chi connectivity index (χ3v) is 4.55. The molecule has 25 heavy (non-hydrogen) atoms. The van der Waals surface area contributed by atoms with Crippen molar-refractivity contribution >= 4 is 23.3 Å². The molecule has 0 bridgehead atoms. The summed E-state index contributed by atoms with van der Waals surface area (Å²) in [5.41, 5.74) is 3.00. The SMILES string of the molecule is CNC(=O)SC(C=O)Cc1ccc(OCCc2cccc(C)n2)cc1. The Bertz CT molecular complexity index is 704. The maximum atomic E-state index is 11.3. The minimum absolute atomic E-state index is 0.207. The molecule has 1 aromatic heterocycles. The Hall–Kier alpha value is -2.34. The summed E-state index contributed by atoms with van der Waals surface area (Å²) in [6.45, 7) is 2.53. The zero-order valence-electron chi connectivity index (χ0n) is 14.4. The number of amides is 1. The number of hydrogen-bond donors (Lipinski definition) is 1. The van der Waals surface area contributed by atoms with Crippen LogP contribution in [0, 0.1) is 6.92 Å². The molecule has 0 aliphatic carbocycles. The Morgan fingerprint density at radius 3 is 2.68 bits per heavy atom. The molecule has 1 atom stereocenters. The first-order valence-corrected chi connectivity index (χ1v) is 8.96. The third-order valence-electron chi connectivity index (χ3n) is 3.55. The zero-order chi connectivity index (χ0) is 18.1. The van der Waals surface area contributed by atoms with E-state index in [1.54, 1.807) is 7.05 Å². The number of nitrogens with one attached hydrogen (secondary N) is 1. The second-order valence-electron chi connectivity index (χ2n) is 5.55. The molecule has 0 spiro atoms. The number of carbonyl (C=O) groups excluding carboxylic acids is 2. The second kappa shape index (κ2) is 9.84. The van der Waals surface area contributed by atoms with E-state index in [0.29, 0.717) is 13.0 Å². The van der Waals surface area contributed by atoms with Gasteiger partial charge < -0.3 is 14.8 Å². The van der Waals surface area contributed by atoms with Crippen LogP contribution in [0.15, 0.2) is 42.5 Å². The Labute approximate surface area is 152 Å². The lowest BCUT2D eigenvalue weighted by Crippen LogP contribution is -2.18. The van der Waals surface area contributed by atoms with E-state index in [1.807, 2.05) is 49.4 Å². The van der Waals surface area contributed by atoms with Gasteiger partial charge in [-0.3, -0.25) is 9.78 Å². The van der Waals surface area contributed by atoms with Gasteiger partial charge in [-0.1, -0.05) is 30.0 Å². The van der Waals surface area contributed by atoms with E-state index < -0.39 is 0 Å². The number of nitrogens with zero attached hydrogens (tertiary/aromatic N) is 1. The average molecular weight is 358 g/mol. The molecular weight excluding hydrogens is 336 g/mol. The van der Waals surface area contributed by atoms with Crippen molar-refractivity contribution in [1.82, 2.24) is 10.3 Å². The highest BCUT2D eigenvalue weighted by Gasteiger charge is 2.13. The van der Waals surface area contributed by atoms with E-state index in [-0.39, 0.29) is 10.5 Å². The number of hydrogen-bond acceptors (Lipinski definition) is 5. The minimum atomic E-state index is -0.390. The van der Waals surface area contributed by atoms with Gasteiger partial charge in [-0.05, 0) is 43.2 Å². The van der Waals surface area contributed by atoms with Crippen molar-refractivity contribution in [3.8, 4) is 5.75 Å². The van der Waals surface area contributed by atoms with Crippen LogP contribution in [0.5, 0.6) is 5.75 Å². The van der Waals surface area contributed by atoms with Crippen LogP contribution in [0.4, 0.5) is 4.79 Å². The van der Waals surface area contributed by atoms with E-state index in [1.165, 1.54) is 0 Å². The summed E-state index contributed by atoms with van der Waals surface area (Å²) in [6, 6.07) is 13.5. The first kappa shape index (κ1) is 19.0. The van der Waals surface area contributed by atoms with Crippen molar-refractivity contribution in [1.29, 1.82) is 0 Å². The number of ether oxygens (including phenoxy) is 1. The van der Waals surface area contributed by atoms with Crippen molar-refractivity contribution in [2.45, 2.75) is 25.0 Å². The highest BCUT2D eigenvalue weighted by molar-refractivity contribution is 8.14. The number of thioether (sulfide) groups is 1. The van der Waals surface area contributed by atoms with Crippen LogP contribution in [0.1, 0.15) is 17.0 Å². The Kier molecular flexibility index (Phi) is 7.47. The molecule has 0 aliphatic heterocycles. The molecule has 1 heterocycles. The summed E-state index contributed by atoms with van der Waals surface area (Å²) in [7, 11) is 1.55. The van der Waals surface area contributed by atoms with Gasteiger partial charge in [-0.25, -0.2) is 0 Å². The normalized spacial score (nSPS) is 11.6. The van der Waals surface area contributed by atoms with Crippen LogP contribution in [0.3, 0.4) is 0 Å². The van der Waals surface area contributed by atoms with Gasteiger partial charge in [0.15, 0.2) is 0 Å². The highest BCUT2D eigenvalue weighted by atomic mass is 32.2. The topological polar surface area (TPSA) is 68.3 Å². The molecule has 6 heteroatoms. The van der Waals surface area contributed by atoms with Crippen LogP contribution < -0.4 is 10.1 Å². The predicted molar refractivity (Wildman–Crippen MR) is 100 cm³/mol. The van der Waals surface area contributed by atoms with E-state index in [0.717, 1.165) is 47.2 Å². The molecule has 1 amide bonds. The van der Waals surface area contributed by atoms with Crippen LogP contribution >= 0.6 is 11.8 Å². The molecular formula is C19H22N2O3S. The Balaban J connectivity index is 1.82. The summed E-state index contributed by atoms with van der Waals surface area (Å²) in [5, 5.41) is 1.91. The van der Waals surface area contributed by atoms with Gasteiger partial charge in [0, 0.05) is 24.9 Å². The maximum absolute atomic E-state index is 11.3.